The van der Waals surface area contributed by atoms with E-state index in [-0.39, 0.29) is 18.4 Å². The number of hydrogen-bond donors (Lipinski definition) is 2. The number of likely N-dealkylation sites (N-methyl/N-ethyl adjacent to an activating group) is 1. The third-order valence-electron chi connectivity index (χ3n) is 5.01. The molecular formula is C22H32N4O2. The fourth-order valence-electron chi connectivity index (χ4n) is 3.50. The van der Waals surface area contributed by atoms with Crippen molar-refractivity contribution in [3.63, 3.8) is 0 Å². The smallest absolute Gasteiger partial charge is 0.251 e. The zero-order valence-corrected chi connectivity index (χ0v) is 17.6. The van der Waals surface area contributed by atoms with Crippen LogP contribution in [-0.4, -0.2) is 35.0 Å². The van der Waals surface area contributed by atoms with Crippen molar-refractivity contribution < 1.29 is 9.59 Å². The number of aromatic nitrogens is 2. The molecule has 2 rings (SSSR count). The SMILES string of the molecule is CC/C=C(\C)Cc1nc2cc(C(=O)NCC(=O)NC)ccc2n1C(CC)CC. The quantitative estimate of drug-likeness (QED) is 0.646. The Balaban J connectivity index is 2.42. The maximum Gasteiger partial charge on any atom is 0.251 e. The molecule has 0 fully saturated rings. The minimum atomic E-state index is -0.272. The lowest BCUT2D eigenvalue weighted by Crippen LogP contribution is -2.35. The number of imidazole rings is 1. The first kappa shape index (κ1) is 21.7. The number of fused-ring (bicyclic) bond motifs is 1. The molecule has 0 unspecified atom stereocenters. The van der Waals surface area contributed by atoms with E-state index < -0.39 is 0 Å². The number of carbonyl (C=O) groups excluding carboxylic acids is 2. The van der Waals surface area contributed by atoms with Crippen LogP contribution in [0.25, 0.3) is 11.0 Å². The van der Waals surface area contributed by atoms with Gasteiger partial charge in [0.2, 0.25) is 5.91 Å². The van der Waals surface area contributed by atoms with Gasteiger partial charge in [0.05, 0.1) is 17.6 Å². The third-order valence-corrected chi connectivity index (χ3v) is 5.01. The third kappa shape index (κ3) is 5.00. The fraction of sp³-hybridized carbons (Fsp3) is 0.500. The zero-order chi connectivity index (χ0) is 20.7. The lowest BCUT2D eigenvalue weighted by molar-refractivity contribution is -0.119. The summed E-state index contributed by atoms with van der Waals surface area (Å²) < 4.78 is 2.33. The summed E-state index contributed by atoms with van der Waals surface area (Å²) in [6, 6.07) is 5.97. The van der Waals surface area contributed by atoms with Gasteiger partial charge in [-0.25, -0.2) is 4.98 Å². The normalized spacial score (nSPS) is 11.9. The van der Waals surface area contributed by atoms with Gasteiger partial charge in [0.25, 0.3) is 5.91 Å². The highest BCUT2D eigenvalue weighted by atomic mass is 16.2. The molecule has 2 N–H and O–H groups in total. The Hall–Kier alpha value is -2.63. The Bertz CT molecular complexity index is 863. The molecule has 0 bridgehead atoms. The Labute approximate surface area is 167 Å². The second-order valence-corrected chi connectivity index (χ2v) is 7.06. The Kier molecular flexibility index (Phi) is 7.79. The van der Waals surface area contributed by atoms with E-state index in [1.165, 1.54) is 5.57 Å². The predicted molar refractivity (Wildman–Crippen MR) is 114 cm³/mol. The van der Waals surface area contributed by atoms with Gasteiger partial charge < -0.3 is 15.2 Å². The summed E-state index contributed by atoms with van der Waals surface area (Å²) in [7, 11) is 1.54. The van der Waals surface area contributed by atoms with Gasteiger partial charge in [-0.3, -0.25) is 9.59 Å². The van der Waals surface area contributed by atoms with Crippen LogP contribution in [0.3, 0.4) is 0 Å². The van der Waals surface area contributed by atoms with Crippen LogP contribution < -0.4 is 10.6 Å². The zero-order valence-electron chi connectivity index (χ0n) is 17.6. The fourth-order valence-corrected chi connectivity index (χ4v) is 3.50. The van der Waals surface area contributed by atoms with Gasteiger partial charge in [-0.15, -0.1) is 0 Å². The molecule has 0 saturated heterocycles. The molecule has 1 heterocycles. The molecule has 1 aromatic carbocycles. The lowest BCUT2D eigenvalue weighted by Gasteiger charge is -2.19. The highest BCUT2D eigenvalue weighted by Gasteiger charge is 2.18. The topological polar surface area (TPSA) is 76.0 Å². The van der Waals surface area contributed by atoms with E-state index in [0.717, 1.165) is 42.5 Å². The second kappa shape index (κ2) is 10.1. The van der Waals surface area contributed by atoms with Crippen LogP contribution in [0, 0.1) is 0 Å². The van der Waals surface area contributed by atoms with Crippen molar-refractivity contribution in [2.75, 3.05) is 13.6 Å². The van der Waals surface area contributed by atoms with Crippen molar-refractivity contribution in [3.05, 3.63) is 41.2 Å². The van der Waals surface area contributed by atoms with Crippen LogP contribution in [0.5, 0.6) is 0 Å². The largest absolute Gasteiger partial charge is 0.358 e. The van der Waals surface area contributed by atoms with E-state index in [1.54, 1.807) is 13.1 Å². The summed E-state index contributed by atoms with van der Waals surface area (Å²) in [5.74, 6) is 0.535. The number of hydrogen-bond acceptors (Lipinski definition) is 3. The summed E-state index contributed by atoms with van der Waals surface area (Å²) in [4.78, 5) is 28.6. The van der Waals surface area contributed by atoms with Gasteiger partial charge in [-0.05, 0) is 44.4 Å². The van der Waals surface area contributed by atoms with Crippen LogP contribution in [0.15, 0.2) is 29.8 Å². The molecule has 28 heavy (non-hydrogen) atoms. The molecule has 152 valence electrons. The summed E-state index contributed by atoms with van der Waals surface area (Å²) in [5, 5.41) is 5.13. The number of benzene rings is 1. The minimum Gasteiger partial charge on any atom is -0.358 e. The maximum absolute atomic E-state index is 12.4. The summed E-state index contributed by atoms with van der Waals surface area (Å²) >= 11 is 0. The highest BCUT2D eigenvalue weighted by molar-refractivity contribution is 5.99. The first-order valence-corrected chi connectivity index (χ1v) is 10.1. The predicted octanol–water partition coefficient (Wildman–Crippen LogP) is 3.77. The molecule has 0 aliphatic rings. The maximum atomic E-state index is 12.4. The molecule has 6 nitrogen and oxygen atoms in total. The Morgan fingerprint density at radius 1 is 1.21 bits per heavy atom. The molecule has 1 aromatic heterocycles. The summed E-state index contributed by atoms with van der Waals surface area (Å²) in [6.07, 6.45) is 6.10. The molecule has 0 aliphatic heterocycles. The summed E-state index contributed by atoms with van der Waals surface area (Å²) in [6.45, 7) is 8.62. The van der Waals surface area contributed by atoms with Gasteiger partial charge in [0.1, 0.15) is 5.82 Å². The van der Waals surface area contributed by atoms with Crippen LogP contribution in [0.2, 0.25) is 0 Å². The van der Waals surface area contributed by atoms with E-state index >= 15 is 0 Å². The van der Waals surface area contributed by atoms with Gasteiger partial charge in [-0.1, -0.05) is 32.4 Å². The Morgan fingerprint density at radius 3 is 2.54 bits per heavy atom. The van der Waals surface area contributed by atoms with Gasteiger partial charge in [0.15, 0.2) is 0 Å². The minimum absolute atomic E-state index is 0.0399. The van der Waals surface area contributed by atoms with Gasteiger partial charge in [0, 0.05) is 25.1 Å². The molecular weight excluding hydrogens is 352 g/mol. The van der Waals surface area contributed by atoms with Crippen molar-refractivity contribution in [1.29, 1.82) is 0 Å². The van der Waals surface area contributed by atoms with Crippen LogP contribution in [0.1, 0.15) is 69.2 Å². The lowest BCUT2D eigenvalue weighted by atomic mass is 10.1. The van der Waals surface area contributed by atoms with Crippen molar-refractivity contribution in [1.82, 2.24) is 20.2 Å². The number of rotatable bonds is 9. The van der Waals surface area contributed by atoms with Gasteiger partial charge in [-0.2, -0.15) is 0 Å². The standard InChI is InChI=1S/C22H32N4O2/c1-6-9-15(4)12-20-25-18-13-16(22(28)24-14-21(27)23-5)10-11-19(18)26(20)17(7-2)8-3/h9-11,13,17H,6-8,12,14H2,1-5H3,(H,23,27)(H,24,28)/b15-9+. The van der Waals surface area contributed by atoms with E-state index in [1.807, 2.05) is 12.1 Å². The van der Waals surface area contributed by atoms with Gasteiger partial charge >= 0.3 is 0 Å². The average molecular weight is 385 g/mol. The van der Waals surface area contributed by atoms with Crippen molar-refractivity contribution in [2.45, 2.75) is 59.4 Å². The number of amides is 2. The van der Waals surface area contributed by atoms with Crippen LogP contribution in [0.4, 0.5) is 0 Å². The summed E-state index contributed by atoms with van der Waals surface area (Å²) in [5.41, 5.74) is 3.68. The first-order valence-electron chi connectivity index (χ1n) is 10.1. The van der Waals surface area contributed by atoms with E-state index in [2.05, 4.69) is 49.0 Å². The number of nitrogens with zero attached hydrogens (tertiary/aromatic N) is 2. The molecule has 0 aliphatic carbocycles. The van der Waals surface area contributed by atoms with Crippen molar-refractivity contribution in [2.24, 2.45) is 0 Å². The van der Waals surface area contributed by atoms with E-state index in [0.29, 0.717) is 11.6 Å². The van der Waals surface area contributed by atoms with Crippen LogP contribution in [-0.2, 0) is 11.2 Å². The number of allylic oxidation sites excluding steroid dienone is 2. The highest BCUT2D eigenvalue weighted by Crippen LogP contribution is 2.27. The molecule has 0 atom stereocenters. The molecule has 2 amide bonds. The van der Waals surface area contributed by atoms with Crippen molar-refractivity contribution >= 4 is 22.8 Å². The number of carbonyl (C=O) groups is 2. The molecule has 0 radical (unpaired) electrons. The second-order valence-electron chi connectivity index (χ2n) is 7.06. The molecule has 0 saturated carbocycles. The molecule has 0 spiro atoms. The number of nitrogens with one attached hydrogen (secondary N) is 2. The molecule has 2 aromatic rings. The van der Waals surface area contributed by atoms with E-state index in [4.69, 9.17) is 4.98 Å². The average Bonchev–Trinajstić information content (AvgIpc) is 3.04. The Morgan fingerprint density at radius 2 is 1.93 bits per heavy atom. The van der Waals surface area contributed by atoms with Crippen molar-refractivity contribution in [3.8, 4) is 0 Å². The van der Waals surface area contributed by atoms with E-state index in [9.17, 15) is 9.59 Å². The van der Waals surface area contributed by atoms with Crippen LogP contribution >= 0.6 is 0 Å². The molecule has 6 heteroatoms. The monoisotopic (exact) mass is 384 g/mol. The first-order chi connectivity index (χ1) is 13.4.